The first-order chi connectivity index (χ1) is 6.43. The highest BCUT2D eigenvalue weighted by molar-refractivity contribution is 5.02. The molecule has 1 saturated carbocycles. The molecular formula is C14H28. The summed E-state index contributed by atoms with van der Waals surface area (Å²) in [4.78, 5) is 0. The van der Waals surface area contributed by atoms with E-state index in [9.17, 15) is 0 Å². The third kappa shape index (κ3) is 2.15. The Bertz CT molecular complexity index is 182. The van der Waals surface area contributed by atoms with Crippen LogP contribution >= 0.6 is 0 Å². The van der Waals surface area contributed by atoms with E-state index in [0.717, 1.165) is 23.7 Å². The van der Waals surface area contributed by atoms with Gasteiger partial charge in [-0.3, -0.25) is 0 Å². The molecule has 0 bridgehead atoms. The standard InChI is InChI=1S/C14H28/c1-7-8-13(12(5)10(2)3)14(6)9-11(14)4/h10-13H,7-9H2,1-6H3. The van der Waals surface area contributed by atoms with Gasteiger partial charge in [-0.25, -0.2) is 0 Å². The van der Waals surface area contributed by atoms with Crippen LogP contribution in [0.15, 0.2) is 0 Å². The summed E-state index contributed by atoms with van der Waals surface area (Å²) in [6.45, 7) is 14.5. The monoisotopic (exact) mass is 196 g/mol. The van der Waals surface area contributed by atoms with Crippen molar-refractivity contribution in [1.29, 1.82) is 0 Å². The minimum Gasteiger partial charge on any atom is -0.0654 e. The largest absolute Gasteiger partial charge is 0.0654 e. The Morgan fingerprint density at radius 1 is 1.29 bits per heavy atom. The first-order valence-electron chi connectivity index (χ1n) is 6.43. The van der Waals surface area contributed by atoms with Gasteiger partial charge in [0.1, 0.15) is 0 Å². The van der Waals surface area contributed by atoms with E-state index in [-0.39, 0.29) is 0 Å². The molecule has 14 heavy (non-hydrogen) atoms. The highest BCUT2D eigenvalue weighted by Gasteiger charge is 2.53. The molecule has 0 nitrogen and oxygen atoms in total. The van der Waals surface area contributed by atoms with Crippen LogP contribution in [0.25, 0.3) is 0 Å². The average molecular weight is 196 g/mol. The van der Waals surface area contributed by atoms with E-state index in [1.54, 1.807) is 0 Å². The summed E-state index contributed by atoms with van der Waals surface area (Å²) < 4.78 is 0. The third-order valence-corrected chi connectivity index (χ3v) is 4.84. The van der Waals surface area contributed by atoms with Gasteiger partial charge in [0, 0.05) is 0 Å². The lowest BCUT2D eigenvalue weighted by Gasteiger charge is -2.33. The molecule has 0 radical (unpaired) electrons. The number of rotatable bonds is 5. The maximum atomic E-state index is 2.51. The van der Waals surface area contributed by atoms with Crippen molar-refractivity contribution in [2.24, 2.45) is 29.1 Å². The van der Waals surface area contributed by atoms with Gasteiger partial charge in [0.25, 0.3) is 0 Å². The molecule has 0 aromatic carbocycles. The second-order valence-corrected chi connectivity index (χ2v) is 6.11. The molecule has 1 aliphatic rings. The second kappa shape index (κ2) is 4.24. The van der Waals surface area contributed by atoms with E-state index in [4.69, 9.17) is 0 Å². The van der Waals surface area contributed by atoms with Gasteiger partial charge in [-0.05, 0) is 41.9 Å². The fourth-order valence-corrected chi connectivity index (χ4v) is 3.09. The number of hydrogen-bond donors (Lipinski definition) is 0. The fourth-order valence-electron chi connectivity index (χ4n) is 3.09. The van der Waals surface area contributed by atoms with Crippen LogP contribution in [0.4, 0.5) is 0 Å². The molecule has 4 atom stereocenters. The van der Waals surface area contributed by atoms with Crippen molar-refractivity contribution in [1.82, 2.24) is 0 Å². The first kappa shape index (κ1) is 12.1. The fraction of sp³-hybridized carbons (Fsp3) is 1.00. The Kier molecular flexibility index (Phi) is 3.66. The van der Waals surface area contributed by atoms with Crippen LogP contribution in [0.5, 0.6) is 0 Å². The maximum absolute atomic E-state index is 2.51. The molecule has 1 aliphatic carbocycles. The SMILES string of the molecule is CCCC(C(C)C(C)C)C1(C)CC1C. The maximum Gasteiger partial charge on any atom is -0.0266 e. The van der Waals surface area contributed by atoms with Gasteiger partial charge < -0.3 is 0 Å². The number of hydrogen-bond acceptors (Lipinski definition) is 0. The summed E-state index contributed by atoms with van der Waals surface area (Å²) in [6.07, 6.45) is 4.25. The van der Waals surface area contributed by atoms with Crippen LogP contribution in [0.2, 0.25) is 0 Å². The van der Waals surface area contributed by atoms with Crippen LogP contribution < -0.4 is 0 Å². The highest BCUT2D eigenvalue weighted by Crippen LogP contribution is 2.61. The van der Waals surface area contributed by atoms with Gasteiger partial charge in [0.15, 0.2) is 0 Å². The van der Waals surface area contributed by atoms with Gasteiger partial charge in [-0.2, -0.15) is 0 Å². The zero-order chi connectivity index (χ0) is 10.9. The summed E-state index contributed by atoms with van der Waals surface area (Å²) in [7, 11) is 0. The third-order valence-electron chi connectivity index (χ3n) is 4.84. The van der Waals surface area contributed by atoms with E-state index in [0.29, 0.717) is 5.41 Å². The van der Waals surface area contributed by atoms with E-state index < -0.39 is 0 Å². The molecule has 0 aromatic rings. The second-order valence-electron chi connectivity index (χ2n) is 6.11. The van der Waals surface area contributed by atoms with E-state index in [2.05, 4.69) is 41.5 Å². The minimum absolute atomic E-state index is 0.680. The molecule has 1 rings (SSSR count). The Labute approximate surface area is 90.5 Å². The zero-order valence-corrected chi connectivity index (χ0v) is 10.9. The molecule has 0 heteroatoms. The van der Waals surface area contributed by atoms with Gasteiger partial charge in [-0.1, -0.05) is 48.0 Å². The van der Waals surface area contributed by atoms with Crippen molar-refractivity contribution in [3.8, 4) is 0 Å². The van der Waals surface area contributed by atoms with Gasteiger partial charge in [-0.15, -0.1) is 0 Å². The van der Waals surface area contributed by atoms with Crippen LogP contribution in [-0.4, -0.2) is 0 Å². The molecule has 0 heterocycles. The summed E-state index contributed by atoms with van der Waals surface area (Å²) in [5, 5.41) is 0. The topological polar surface area (TPSA) is 0 Å². The van der Waals surface area contributed by atoms with Crippen LogP contribution in [0, 0.1) is 29.1 Å². The lowest BCUT2D eigenvalue weighted by Crippen LogP contribution is -2.25. The predicted molar refractivity (Wildman–Crippen MR) is 64.3 cm³/mol. The zero-order valence-electron chi connectivity index (χ0n) is 10.9. The lowest BCUT2D eigenvalue weighted by molar-refractivity contribution is 0.163. The molecular weight excluding hydrogens is 168 g/mol. The Morgan fingerprint density at radius 3 is 2.07 bits per heavy atom. The molecule has 0 aromatic heterocycles. The molecule has 0 saturated heterocycles. The Hall–Kier alpha value is 0. The first-order valence-corrected chi connectivity index (χ1v) is 6.43. The Morgan fingerprint density at radius 2 is 1.79 bits per heavy atom. The van der Waals surface area contributed by atoms with E-state index >= 15 is 0 Å². The van der Waals surface area contributed by atoms with Gasteiger partial charge >= 0.3 is 0 Å². The summed E-state index contributed by atoms with van der Waals surface area (Å²) in [6, 6.07) is 0. The van der Waals surface area contributed by atoms with Crippen LogP contribution in [0.3, 0.4) is 0 Å². The van der Waals surface area contributed by atoms with Gasteiger partial charge in [0.2, 0.25) is 0 Å². The Balaban J connectivity index is 2.65. The average Bonchev–Trinajstić information content (AvgIpc) is 2.70. The smallest absolute Gasteiger partial charge is 0.0266 e. The van der Waals surface area contributed by atoms with Crippen molar-refractivity contribution >= 4 is 0 Å². The lowest BCUT2D eigenvalue weighted by atomic mass is 9.72. The predicted octanol–water partition coefficient (Wildman–Crippen LogP) is 4.74. The van der Waals surface area contributed by atoms with Crippen molar-refractivity contribution in [3.05, 3.63) is 0 Å². The van der Waals surface area contributed by atoms with E-state index in [1.807, 2.05) is 0 Å². The molecule has 84 valence electrons. The summed E-state index contributed by atoms with van der Waals surface area (Å²) in [5.74, 6) is 3.67. The summed E-state index contributed by atoms with van der Waals surface area (Å²) >= 11 is 0. The molecule has 0 N–H and O–H groups in total. The molecule has 0 spiro atoms. The van der Waals surface area contributed by atoms with Gasteiger partial charge in [0.05, 0.1) is 0 Å². The van der Waals surface area contributed by atoms with Crippen molar-refractivity contribution in [3.63, 3.8) is 0 Å². The normalized spacial score (nSPS) is 35.8. The van der Waals surface area contributed by atoms with E-state index in [1.165, 1.54) is 19.3 Å². The molecule has 0 aliphatic heterocycles. The van der Waals surface area contributed by atoms with Crippen LogP contribution in [0.1, 0.15) is 60.8 Å². The summed E-state index contributed by atoms with van der Waals surface area (Å²) in [5.41, 5.74) is 0.680. The highest BCUT2D eigenvalue weighted by atomic mass is 14.6. The molecule has 4 unspecified atom stereocenters. The minimum atomic E-state index is 0.680. The van der Waals surface area contributed by atoms with Crippen LogP contribution in [-0.2, 0) is 0 Å². The quantitative estimate of drug-likeness (QED) is 0.595. The van der Waals surface area contributed by atoms with Crippen molar-refractivity contribution in [2.45, 2.75) is 60.8 Å². The molecule has 1 fully saturated rings. The van der Waals surface area contributed by atoms with Crippen molar-refractivity contribution < 1.29 is 0 Å². The van der Waals surface area contributed by atoms with Crippen molar-refractivity contribution in [2.75, 3.05) is 0 Å². The molecule has 0 amide bonds.